The summed E-state index contributed by atoms with van der Waals surface area (Å²) >= 11 is 0. The normalized spacial score (nSPS) is 14.7. The lowest BCUT2D eigenvalue weighted by Gasteiger charge is -2.27. The average Bonchev–Trinajstić information content (AvgIpc) is 2.51. The molecule has 0 amide bonds. The van der Waals surface area contributed by atoms with E-state index in [1.54, 1.807) is 13.8 Å². The molecule has 0 radical (unpaired) electrons. The van der Waals surface area contributed by atoms with Gasteiger partial charge in [-0.1, -0.05) is 20.8 Å². The first kappa shape index (κ1) is 16.2. The second-order valence-electron chi connectivity index (χ2n) is 5.94. The zero-order valence-electron chi connectivity index (χ0n) is 12.5. The Morgan fingerprint density at radius 3 is 2.21 bits per heavy atom. The van der Waals surface area contributed by atoms with E-state index < -0.39 is 10.0 Å². The van der Waals surface area contributed by atoms with E-state index in [4.69, 9.17) is 10.2 Å². The van der Waals surface area contributed by atoms with Crippen LogP contribution in [0.15, 0.2) is 9.31 Å². The van der Waals surface area contributed by atoms with Crippen molar-refractivity contribution in [2.45, 2.75) is 59.0 Å². The molecule has 1 rings (SSSR count). The Balaban J connectivity index is 3.22. The van der Waals surface area contributed by atoms with Gasteiger partial charge in [-0.25, -0.2) is 13.1 Å². The Labute approximate surface area is 115 Å². The van der Waals surface area contributed by atoms with E-state index in [2.05, 4.69) is 4.72 Å². The van der Waals surface area contributed by atoms with Crippen LogP contribution in [0.4, 0.5) is 0 Å². The van der Waals surface area contributed by atoms with E-state index in [1.165, 1.54) is 0 Å². The fourth-order valence-electron chi connectivity index (χ4n) is 1.77. The zero-order chi connectivity index (χ0) is 15.0. The highest BCUT2D eigenvalue weighted by Gasteiger charge is 2.30. The molecule has 0 aliphatic heterocycles. The molecule has 0 saturated carbocycles. The topological polar surface area (TPSA) is 85.3 Å². The minimum Gasteiger partial charge on any atom is -0.465 e. The van der Waals surface area contributed by atoms with Crippen molar-refractivity contribution in [1.82, 2.24) is 4.72 Å². The van der Waals surface area contributed by atoms with E-state index in [9.17, 15) is 8.42 Å². The number of hydrogen-bond acceptors (Lipinski definition) is 4. The van der Waals surface area contributed by atoms with Gasteiger partial charge >= 0.3 is 0 Å². The first-order valence-electron chi connectivity index (χ1n) is 6.32. The molecule has 0 bridgehead atoms. The van der Waals surface area contributed by atoms with Gasteiger partial charge in [0, 0.05) is 18.2 Å². The molecular weight excluding hydrogens is 264 g/mol. The number of aryl methyl sites for hydroxylation is 2. The maximum atomic E-state index is 12.5. The minimum atomic E-state index is -3.62. The summed E-state index contributed by atoms with van der Waals surface area (Å²) in [5.41, 5.74) is 6.01. The van der Waals surface area contributed by atoms with Gasteiger partial charge in [-0.3, -0.25) is 0 Å². The number of sulfonamides is 1. The molecular formula is C13H24N2O3S. The van der Waals surface area contributed by atoms with Crippen molar-refractivity contribution in [2.24, 2.45) is 11.1 Å². The summed E-state index contributed by atoms with van der Waals surface area (Å²) in [6.45, 7) is 11.3. The summed E-state index contributed by atoms with van der Waals surface area (Å²) in [6.07, 6.45) is 0. The van der Waals surface area contributed by atoms with Crippen molar-refractivity contribution in [3.63, 3.8) is 0 Å². The van der Waals surface area contributed by atoms with Crippen molar-refractivity contribution in [3.8, 4) is 0 Å². The second kappa shape index (κ2) is 5.26. The van der Waals surface area contributed by atoms with Crippen molar-refractivity contribution < 1.29 is 12.8 Å². The van der Waals surface area contributed by atoms with Crippen LogP contribution in [0.2, 0.25) is 0 Å². The Bertz CT molecular complexity index is 553. The van der Waals surface area contributed by atoms with E-state index in [0.29, 0.717) is 17.1 Å². The van der Waals surface area contributed by atoms with Gasteiger partial charge in [0.25, 0.3) is 0 Å². The standard InChI is InChI=1S/C13H24N2O3S/c1-8-11(7-14)12(9(2)18-8)19(16,17)15-10(3)13(4,5)6/h10,15H,7,14H2,1-6H3. The van der Waals surface area contributed by atoms with E-state index in [0.717, 1.165) is 0 Å². The van der Waals surface area contributed by atoms with E-state index in [1.807, 2.05) is 27.7 Å². The molecule has 0 fully saturated rings. The van der Waals surface area contributed by atoms with Gasteiger partial charge < -0.3 is 10.2 Å². The molecule has 5 nitrogen and oxygen atoms in total. The third-order valence-corrected chi connectivity index (χ3v) is 5.16. The van der Waals surface area contributed by atoms with Gasteiger partial charge in [-0.2, -0.15) is 0 Å². The summed E-state index contributed by atoms with van der Waals surface area (Å²) < 4.78 is 33.0. The molecule has 6 heteroatoms. The van der Waals surface area contributed by atoms with Gasteiger partial charge in [-0.05, 0) is 26.2 Å². The van der Waals surface area contributed by atoms with Crippen LogP contribution in [-0.2, 0) is 16.6 Å². The van der Waals surface area contributed by atoms with Crippen molar-refractivity contribution in [2.75, 3.05) is 0 Å². The molecule has 110 valence electrons. The lowest BCUT2D eigenvalue weighted by Crippen LogP contribution is -2.41. The highest BCUT2D eigenvalue weighted by atomic mass is 32.2. The molecule has 1 aromatic heterocycles. The molecule has 1 unspecified atom stereocenters. The molecule has 0 aromatic carbocycles. The zero-order valence-corrected chi connectivity index (χ0v) is 13.3. The first-order chi connectivity index (χ1) is 8.50. The minimum absolute atomic E-state index is 0.142. The first-order valence-corrected chi connectivity index (χ1v) is 7.80. The molecule has 1 heterocycles. The van der Waals surface area contributed by atoms with Crippen LogP contribution in [0.3, 0.4) is 0 Å². The van der Waals surface area contributed by atoms with Crippen LogP contribution in [-0.4, -0.2) is 14.5 Å². The van der Waals surface area contributed by atoms with Crippen LogP contribution < -0.4 is 10.5 Å². The predicted molar refractivity (Wildman–Crippen MR) is 75.3 cm³/mol. The molecule has 3 N–H and O–H groups in total. The van der Waals surface area contributed by atoms with E-state index in [-0.39, 0.29) is 22.9 Å². The number of nitrogens with two attached hydrogens (primary N) is 1. The molecule has 0 saturated heterocycles. The fourth-order valence-corrected chi connectivity index (χ4v) is 3.67. The van der Waals surface area contributed by atoms with Crippen LogP contribution >= 0.6 is 0 Å². The van der Waals surface area contributed by atoms with Gasteiger partial charge in [0.2, 0.25) is 10.0 Å². The van der Waals surface area contributed by atoms with Gasteiger partial charge in [0.15, 0.2) is 0 Å². The molecule has 0 aliphatic rings. The summed E-state index contributed by atoms with van der Waals surface area (Å²) in [5.74, 6) is 0.940. The monoisotopic (exact) mass is 288 g/mol. The molecule has 19 heavy (non-hydrogen) atoms. The second-order valence-corrected chi connectivity index (χ2v) is 7.59. The smallest absolute Gasteiger partial charge is 0.244 e. The van der Waals surface area contributed by atoms with Crippen LogP contribution in [0.5, 0.6) is 0 Å². The van der Waals surface area contributed by atoms with Gasteiger partial charge in [0.05, 0.1) is 0 Å². The highest BCUT2D eigenvalue weighted by Crippen LogP contribution is 2.28. The number of furan rings is 1. The lowest BCUT2D eigenvalue weighted by molar-refractivity contribution is 0.317. The Hall–Kier alpha value is -0.850. The average molecular weight is 288 g/mol. The summed E-state index contributed by atoms with van der Waals surface area (Å²) in [6, 6.07) is -0.197. The van der Waals surface area contributed by atoms with Crippen molar-refractivity contribution in [1.29, 1.82) is 0 Å². The third-order valence-electron chi connectivity index (χ3n) is 3.43. The maximum absolute atomic E-state index is 12.5. The summed E-state index contributed by atoms with van der Waals surface area (Å²) in [4.78, 5) is 0.184. The van der Waals surface area contributed by atoms with Crippen molar-refractivity contribution in [3.05, 3.63) is 17.1 Å². The Kier molecular flexibility index (Phi) is 4.49. The molecule has 0 aliphatic carbocycles. The van der Waals surface area contributed by atoms with Crippen LogP contribution in [0, 0.1) is 19.3 Å². The molecule has 1 aromatic rings. The highest BCUT2D eigenvalue weighted by molar-refractivity contribution is 7.89. The summed E-state index contributed by atoms with van der Waals surface area (Å²) in [5, 5.41) is 0. The maximum Gasteiger partial charge on any atom is 0.244 e. The van der Waals surface area contributed by atoms with Crippen LogP contribution in [0.1, 0.15) is 44.8 Å². The number of rotatable bonds is 4. The molecule has 0 spiro atoms. The predicted octanol–water partition coefficient (Wildman–Crippen LogP) is 2.07. The Morgan fingerprint density at radius 1 is 1.26 bits per heavy atom. The van der Waals surface area contributed by atoms with Gasteiger partial charge in [0.1, 0.15) is 16.4 Å². The molecule has 1 atom stereocenters. The van der Waals surface area contributed by atoms with E-state index >= 15 is 0 Å². The number of hydrogen-bond donors (Lipinski definition) is 2. The van der Waals surface area contributed by atoms with Crippen LogP contribution in [0.25, 0.3) is 0 Å². The SMILES string of the molecule is Cc1oc(C)c(S(=O)(=O)NC(C)C(C)(C)C)c1CN. The number of nitrogens with one attached hydrogen (secondary N) is 1. The Morgan fingerprint density at radius 2 is 1.79 bits per heavy atom. The quantitative estimate of drug-likeness (QED) is 0.888. The third kappa shape index (κ3) is 3.38. The fraction of sp³-hybridized carbons (Fsp3) is 0.692. The van der Waals surface area contributed by atoms with Crippen molar-refractivity contribution >= 4 is 10.0 Å². The summed E-state index contributed by atoms with van der Waals surface area (Å²) in [7, 11) is -3.62. The largest absolute Gasteiger partial charge is 0.465 e. The van der Waals surface area contributed by atoms with Gasteiger partial charge in [-0.15, -0.1) is 0 Å². The lowest BCUT2D eigenvalue weighted by atomic mass is 9.89.